The van der Waals surface area contributed by atoms with Crippen LogP contribution in [0.2, 0.25) is 0 Å². The molecule has 2 aromatic carbocycles. The first-order valence-electron chi connectivity index (χ1n) is 14.7. The van der Waals surface area contributed by atoms with Crippen molar-refractivity contribution in [3.8, 4) is 11.1 Å². The Labute approximate surface area is 360 Å². The number of aliphatic hydroxyl groups excluding tert-OH is 2. The van der Waals surface area contributed by atoms with Gasteiger partial charge in [0, 0.05) is 37.5 Å². The van der Waals surface area contributed by atoms with Gasteiger partial charge in [0.25, 0.3) is 5.91 Å². The van der Waals surface area contributed by atoms with Crippen molar-refractivity contribution in [1.82, 2.24) is 15.4 Å². The Hall–Kier alpha value is -1.04. The first kappa shape index (κ1) is 50.0. The van der Waals surface area contributed by atoms with Crippen LogP contribution in [0, 0.1) is 5.82 Å². The van der Waals surface area contributed by atoms with Gasteiger partial charge in [0.1, 0.15) is 24.0 Å². The monoisotopic (exact) mass is 765 g/mol. The normalized spacial score (nSPS) is 21.0. The summed E-state index contributed by atoms with van der Waals surface area (Å²) in [6.07, 6.45) is -6.67. The number of nitrogens with one attached hydrogen (secondary N) is 3. The van der Waals surface area contributed by atoms with Gasteiger partial charge in [-0.05, 0) is 54.7 Å². The number of rotatable bonds is 17. The number of aliphatic carboxylic acids is 2. The molecule has 1 aliphatic heterocycles. The van der Waals surface area contributed by atoms with Crippen molar-refractivity contribution in [2.45, 2.75) is 75.2 Å². The van der Waals surface area contributed by atoms with Crippen LogP contribution in [0.25, 0.3) is 11.1 Å². The second-order valence-corrected chi connectivity index (χ2v) is 12.3. The van der Waals surface area contributed by atoms with E-state index in [2.05, 4.69) is 10.6 Å². The molecule has 0 bridgehead atoms. The Morgan fingerprint density at radius 2 is 1.55 bits per heavy atom. The average molecular weight is 766 g/mol. The van der Waals surface area contributed by atoms with Crippen LogP contribution in [0.5, 0.6) is 0 Å². The fourth-order valence-electron chi connectivity index (χ4n) is 5.15. The fourth-order valence-corrected chi connectivity index (χ4v) is 5.75. The summed E-state index contributed by atoms with van der Waals surface area (Å²) in [4.78, 5) is 47.8. The molecule has 2 amide bonds. The number of carbonyl (C=O) groups excluding carboxylic acids is 4. The van der Waals surface area contributed by atoms with Crippen LogP contribution in [0.4, 0.5) is 4.39 Å². The number of halogens is 1. The van der Waals surface area contributed by atoms with E-state index >= 15 is 0 Å². The second kappa shape index (κ2) is 23.0. The van der Waals surface area contributed by atoms with E-state index in [0.29, 0.717) is 11.1 Å². The molecule has 1 aliphatic rings. The third-order valence-corrected chi connectivity index (χ3v) is 8.06. The molecule has 1 heterocycles. The summed E-state index contributed by atoms with van der Waals surface area (Å²) in [5.74, 6) is -8.07. The van der Waals surface area contributed by atoms with E-state index in [9.17, 15) is 57.0 Å². The van der Waals surface area contributed by atoms with E-state index in [-0.39, 0.29) is 127 Å². The third kappa shape index (κ3) is 15.7. The zero-order valence-electron chi connectivity index (χ0n) is 28.6. The molecule has 21 heteroatoms. The molecule has 5 N–H and O–H groups in total. The molecule has 51 heavy (non-hydrogen) atoms. The largest absolute Gasteiger partial charge is 1.00 e. The Balaban J connectivity index is 0.00000833. The molecule has 3 rings (SSSR count). The minimum Gasteiger partial charge on any atom is -0.735 e. The number of carboxylic acids is 2. The quantitative estimate of drug-likeness (QED) is 0.0570. The minimum atomic E-state index is -5.31. The van der Waals surface area contributed by atoms with E-state index in [1.54, 1.807) is 29.0 Å². The molecule has 2 aromatic rings. The van der Waals surface area contributed by atoms with Gasteiger partial charge in [-0.15, -0.1) is 0 Å². The summed E-state index contributed by atoms with van der Waals surface area (Å²) >= 11 is 0. The molecule has 1 fully saturated rings. The summed E-state index contributed by atoms with van der Waals surface area (Å²) < 4.78 is 61.0. The standard InChI is InChI=1S/C30H38FN3O13S.3Na/c1-17(35)33-25-22(34-48(43,44)45)15-30(29(41)42,46-14-4-2-3-5-24(37)38)47-27(25)26(39)23(36)16-32-28(40)20-8-6-18(7-9-20)19-10-12-21(31)13-11-19;;;/h6-13,22-23,25-27,34,36,39H,2-5,14-16H2,1H3,(H,32,40)(H,33,35)(H,37,38)(H,41,42)(H,43,44,45);;;/q;3*+1/p-3/t22-,23+,25+,26+,27+,30+;;;/m0.../s1. The van der Waals surface area contributed by atoms with Crippen LogP contribution < -0.4 is 114 Å². The van der Waals surface area contributed by atoms with Gasteiger partial charge in [-0.1, -0.05) is 30.7 Å². The fraction of sp³-hybridized carbons (Fsp3) is 0.467. The van der Waals surface area contributed by atoms with Crippen LogP contribution in [-0.2, 0) is 34.2 Å². The van der Waals surface area contributed by atoms with Gasteiger partial charge in [-0.3, -0.25) is 9.59 Å². The van der Waals surface area contributed by atoms with Crippen LogP contribution in [0.15, 0.2) is 48.5 Å². The SMILES string of the molecule is CC(=O)N[C@H]1[C@H]([C@H](O)[C@H](O)CNC(=O)c2ccc(-c3ccc(F)cc3)cc2)O[C@@](OCCCCCC(=O)[O-])(C(=O)[O-])C[C@@H]1NS(=O)(=O)[O-].[Na+].[Na+].[Na+]. The number of amides is 2. The molecule has 0 unspecified atom stereocenters. The smallest absolute Gasteiger partial charge is 0.735 e. The molecule has 0 aliphatic carbocycles. The van der Waals surface area contributed by atoms with Crippen molar-refractivity contribution < 1.29 is 155 Å². The van der Waals surface area contributed by atoms with Gasteiger partial charge in [-0.25, -0.2) is 17.5 Å². The van der Waals surface area contributed by atoms with Gasteiger partial charge in [0.05, 0.1) is 18.8 Å². The molecule has 264 valence electrons. The van der Waals surface area contributed by atoms with Crippen LogP contribution >= 0.6 is 0 Å². The minimum absolute atomic E-state index is 0. The molecular formula is C30H35FN3Na3O13S. The molecular weight excluding hydrogens is 730 g/mol. The predicted molar refractivity (Wildman–Crippen MR) is 157 cm³/mol. The number of carbonyl (C=O) groups is 4. The van der Waals surface area contributed by atoms with Crippen molar-refractivity contribution in [2.75, 3.05) is 13.2 Å². The Bertz CT molecular complexity index is 1560. The molecule has 16 nitrogen and oxygen atoms in total. The summed E-state index contributed by atoms with van der Waals surface area (Å²) in [5.41, 5.74) is 1.51. The average Bonchev–Trinajstić information content (AvgIpc) is 3.01. The van der Waals surface area contributed by atoms with Gasteiger partial charge in [0.2, 0.25) is 11.7 Å². The Morgan fingerprint density at radius 1 is 0.980 bits per heavy atom. The molecule has 0 radical (unpaired) electrons. The van der Waals surface area contributed by atoms with Crippen molar-refractivity contribution in [3.63, 3.8) is 0 Å². The zero-order valence-corrected chi connectivity index (χ0v) is 35.4. The van der Waals surface area contributed by atoms with E-state index in [1.807, 2.05) is 0 Å². The predicted octanol–water partition coefficient (Wildman–Crippen LogP) is -11.6. The van der Waals surface area contributed by atoms with Gasteiger partial charge in [-0.2, -0.15) is 0 Å². The summed E-state index contributed by atoms with van der Waals surface area (Å²) in [6.45, 7) is -0.0278. The number of benzene rings is 2. The van der Waals surface area contributed by atoms with E-state index < -0.39 is 89.0 Å². The van der Waals surface area contributed by atoms with Crippen LogP contribution in [-0.4, -0.2) is 96.3 Å². The summed E-state index contributed by atoms with van der Waals surface area (Å²) in [5, 5.41) is 49.6. The number of carboxylic acid groups (broad SMARTS) is 2. The number of ether oxygens (including phenoxy) is 2. The maximum atomic E-state index is 13.2. The third-order valence-electron chi connectivity index (χ3n) is 7.47. The van der Waals surface area contributed by atoms with Crippen molar-refractivity contribution in [2.24, 2.45) is 0 Å². The molecule has 1 saturated heterocycles. The van der Waals surface area contributed by atoms with E-state index in [0.717, 1.165) is 6.92 Å². The van der Waals surface area contributed by atoms with Gasteiger partial charge < -0.3 is 54.7 Å². The van der Waals surface area contributed by atoms with Gasteiger partial charge >= 0.3 is 88.7 Å². The number of aliphatic hydroxyl groups is 2. The maximum absolute atomic E-state index is 13.2. The number of hydrogen-bond donors (Lipinski definition) is 5. The molecule has 0 aromatic heterocycles. The van der Waals surface area contributed by atoms with Crippen molar-refractivity contribution in [1.29, 1.82) is 0 Å². The number of unbranched alkanes of at least 4 members (excludes halogenated alkanes) is 2. The maximum Gasteiger partial charge on any atom is 1.00 e. The Morgan fingerprint density at radius 3 is 2.06 bits per heavy atom. The van der Waals surface area contributed by atoms with E-state index in [4.69, 9.17) is 9.47 Å². The number of hydrogen-bond acceptors (Lipinski definition) is 13. The molecule has 0 saturated carbocycles. The zero-order chi connectivity index (χ0) is 35.6. The molecule has 0 spiro atoms. The van der Waals surface area contributed by atoms with E-state index in [1.165, 1.54) is 24.3 Å². The van der Waals surface area contributed by atoms with Crippen molar-refractivity contribution >= 4 is 34.1 Å². The molecule has 6 atom stereocenters. The summed E-state index contributed by atoms with van der Waals surface area (Å²) in [6, 6.07) is 8.37. The summed E-state index contributed by atoms with van der Waals surface area (Å²) in [7, 11) is -5.31. The second-order valence-electron chi connectivity index (χ2n) is 11.1. The topological polar surface area (TPSA) is 267 Å². The van der Waals surface area contributed by atoms with Crippen LogP contribution in [0.3, 0.4) is 0 Å². The Kier molecular flexibility index (Phi) is 22.5. The van der Waals surface area contributed by atoms with Crippen LogP contribution in [0.1, 0.15) is 49.4 Å². The first-order valence-corrected chi connectivity index (χ1v) is 16.2. The van der Waals surface area contributed by atoms with Gasteiger partial charge in [0.15, 0.2) is 10.3 Å². The first-order chi connectivity index (χ1) is 22.5. The van der Waals surface area contributed by atoms with Crippen molar-refractivity contribution in [3.05, 3.63) is 59.9 Å².